The van der Waals surface area contributed by atoms with Gasteiger partial charge in [-0.3, -0.25) is 4.79 Å². The number of hydrogen-bond acceptors (Lipinski definition) is 2. The van der Waals surface area contributed by atoms with Gasteiger partial charge in [-0.25, -0.2) is 0 Å². The minimum atomic E-state index is -0.0859. The van der Waals surface area contributed by atoms with Gasteiger partial charge in [0, 0.05) is 8.96 Å². The molecule has 1 aromatic heterocycles. The monoisotopic (exact) mass is 348 g/mol. The highest BCUT2D eigenvalue weighted by Crippen LogP contribution is 2.15. The molecule has 3 aromatic rings. The van der Waals surface area contributed by atoms with Gasteiger partial charge in [-0.05, 0) is 40.8 Å². The lowest BCUT2D eigenvalue weighted by Gasteiger charge is -2.07. The SMILES string of the molecule is O=c1c2ccccc2cnn1-c1ccccc1I. The Kier molecular flexibility index (Phi) is 2.87. The Balaban J connectivity index is 2.35. The highest BCUT2D eigenvalue weighted by molar-refractivity contribution is 14.1. The maximum absolute atomic E-state index is 12.4. The number of hydrogen-bond donors (Lipinski definition) is 0. The lowest BCUT2D eigenvalue weighted by Crippen LogP contribution is -2.21. The van der Waals surface area contributed by atoms with Crippen molar-refractivity contribution < 1.29 is 0 Å². The van der Waals surface area contributed by atoms with Crippen molar-refractivity contribution in [3.63, 3.8) is 0 Å². The summed E-state index contributed by atoms with van der Waals surface area (Å²) in [4.78, 5) is 12.4. The van der Waals surface area contributed by atoms with E-state index in [1.807, 2.05) is 48.5 Å². The molecule has 1 heterocycles. The van der Waals surface area contributed by atoms with Gasteiger partial charge in [0.05, 0.1) is 17.3 Å². The van der Waals surface area contributed by atoms with Crippen LogP contribution >= 0.6 is 22.6 Å². The van der Waals surface area contributed by atoms with E-state index in [0.717, 1.165) is 14.6 Å². The van der Waals surface area contributed by atoms with Crippen molar-refractivity contribution in [2.24, 2.45) is 0 Å². The predicted octanol–water partition coefficient (Wildman–Crippen LogP) is 2.99. The zero-order valence-corrected chi connectivity index (χ0v) is 11.5. The van der Waals surface area contributed by atoms with Crippen molar-refractivity contribution in [1.29, 1.82) is 0 Å². The van der Waals surface area contributed by atoms with Gasteiger partial charge in [-0.2, -0.15) is 9.78 Å². The third kappa shape index (κ3) is 1.82. The van der Waals surface area contributed by atoms with Gasteiger partial charge in [-0.1, -0.05) is 30.3 Å². The Morgan fingerprint density at radius 3 is 2.56 bits per heavy atom. The fourth-order valence-corrected chi connectivity index (χ4v) is 2.50. The number of halogens is 1. The van der Waals surface area contributed by atoms with Gasteiger partial charge in [0.2, 0.25) is 0 Å². The summed E-state index contributed by atoms with van der Waals surface area (Å²) in [6.07, 6.45) is 1.72. The first-order valence-electron chi connectivity index (χ1n) is 5.49. The molecule has 0 unspecified atom stereocenters. The second-order valence-electron chi connectivity index (χ2n) is 3.90. The lowest BCUT2D eigenvalue weighted by molar-refractivity contribution is 0.817. The van der Waals surface area contributed by atoms with Crippen molar-refractivity contribution in [1.82, 2.24) is 9.78 Å². The molecule has 0 amide bonds. The molecule has 18 heavy (non-hydrogen) atoms. The van der Waals surface area contributed by atoms with Crippen LogP contribution in [0.4, 0.5) is 0 Å². The Bertz CT molecular complexity index is 780. The molecule has 2 aromatic carbocycles. The molecule has 0 N–H and O–H groups in total. The number of nitrogens with zero attached hydrogens (tertiary/aromatic N) is 2. The van der Waals surface area contributed by atoms with E-state index in [1.54, 1.807) is 6.20 Å². The molecule has 0 radical (unpaired) electrons. The lowest BCUT2D eigenvalue weighted by atomic mass is 10.2. The number of benzene rings is 2. The normalized spacial score (nSPS) is 10.7. The van der Waals surface area contributed by atoms with E-state index >= 15 is 0 Å². The summed E-state index contributed by atoms with van der Waals surface area (Å²) in [5, 5.41) is 5.79. The van der Waals surface area contributed by atoms with E-state index in [1.165, 1.54) is 4.68 Å². The first kappa shape index (κ1) is 11.4. The van der Waals surface area contributed by atoms with Crippen molar-refractivity contribution >= 4 is 33.4 Å². The maximum Gasteiger partial charge on any atom is 0.279 e. The second kappa shape index (κ2) is 4.53. The van der Waals surface area contributed by atoms with Gasteiger partial charge < -0.3 is 0 Å². The van der Waals surface area contributed by atoms with Crippen molar-refractivity contribution in [2.75, 3.05) is 0 Å². The summed E-state index contributed by atoms with van der Waals surface area (Å²) >= 11 is 2.20. The minimum Gasteiger partial charge on any atom is -0.267 e. The average molecular weight is 348 g/mol. The summed E-state index contributed by atoms with van der Waals surface area (Å²) in [7, 11) is 0. The van der Waals surface area contributed by atoms with Gasteiger partial charge in [0.1, 0.15) is 0 Å². The zero-order valence-electron chi connectivity index (χ0n) is 9.38. The molecule has 4 heteroatoms. The average Bonchev–Trinajstić information content (AvgIpc) is 2.41. The van der Waals surface area contributed by atoms with Crippen LogP contribution in [0.25, 0.3) is 16.5 Å². The molecular weight excluding hydrogens is 339 g/mol. The molecule has 0 spiro atoms. The van der Waals surface area contributed by atoms with Gasteiger partial charge in [0.25, 0.3) is 5.56 Å². The highest BCUT2D eigenvalue weighted by atomic mass is 127. The van der Waals surface area contributed by atoms with Crippen molar-refractivity contribution in [3.8, 4) is 5.69 Å². The van der Waals surface area contributed by atoms with Crippen LogP contribution in [0.15, 0.2) is 59.5 Å². The molecule has 88 valence electrons. The number of para-hydroxylation sites is 1. The fraction of sp³-hybridized carbons (Fsp3) is 0. The molecular formula is C14H9IN2O. The summed E-state index contributed by atoms with van der Waals surface area (Å²) in [6.45, 7) is 0. The molecule has 3 nitrogen and oxygen atoms in total. The molecule has 0 atom stereocenters. The van der Waals surface area contributed by atoms with E-state index in [0.29, 0.717) is 5.39 Å². The van der Waals surface area contributed by atoms with E-state index in [9.17, 15) is 4.79 Å². The van der Waals surface area contributed by atoms with Crippen LogP contribution in [0, 0.1) is 3.57 Å². The largest absolute Gasteiger partial charge is 0.279 e. The standard InChI is InChI=1S/C14H9IN2O/c15-12-7-3-4-8-13(12)17-14(18)11-6-2-1-5-10(11)9-16-17/h1-9H. The van der Waals surface area contributed by atoms with E-state index < -0.39 is 0 Å². The van der Waals surface area contributed by atoms with Crippen LogP contribution < -0.4 is 5.56 Å². The van der Waals surface area contributed by atoms with E-state index in [4.69, 9.17) is 0 Å². The molecule has 0 aliphatic rings. The molecule has 3 rings (SSSR count). The summed E-state index contributed by atoms with van der Waals surface area (Å²) in [6, 6.07) is 15.2. The first-order chi connectivity index (χ1) is 8.77. The summed E-state index contributed by atoms with van der Waals surface area (Å²) < 4.78 is 2.45. The Morgan fingerprint density at radius 1 is 1.00 bits per heavy atom. The van der Waals surface area contributed by atoms with E-state index in [-0.39, 0.29) is 5.56 Å². The van der Waals surface area contributed by atoms with Crippen molar-refractivity contribution in [3.05, 3.63) is 68.7 Å². The quantitative estimate of drug-likeness (QED) is 0.634. The second-order valence-corrected chi connectivity index (χ2v) is 5.06. The molecule has 0 saturated carbocycles. The van der Waals surface area contributed by atoms with E-state index in [2.05, 4.69) is 27.7 Å². The number of rotatable bonds is 1. The molecule has 0 bridgehead atoms. The van der Waals surface area contributed by atoms with Crippen LogP contribution in [0.1, 0.15) is 0 Å². The molecule has 0 fully saturated rings. The third-order valence-corrected chi connectivity index (χ3v) is 3.69. The summed E-state index contributed by atoms with van der Waals surface area (Å²) in [5.74, 6) is 0. The van der Waals surface area contributed by atoms with Crippen LogP contribution in [0.5, 0.6) is 0 Å². The molecule has 0 aliphatic carbocycles. The maximum atomic E-state index is 12.4. The molecule has 0 saturated heterocycles. The predicted molar refractivity (Wildman–Crippen MR) is 80.1 cm³/mol. The number of aromatic nitrogens is 2. The fourth-order valence-electron chi connectivity index (χ4n) is 1.89. The number of fused-ring (bicyclic) bond motifs is 1. The van der Waals surface area contributed by atoms with Gasteiger partial charge >= 0.3 is 0 Å². The minimum absolute atomic E-state index is 0.0859. The zero-order chi connectivity index (χ0) is 12.5. The Morgan fingerprint density at radius 2 is 1.72 bits per heavy atom. The summed E-state index contributed by atoms with van der Waals surface area (Å²) in [5.41, 5.74) is 0.728. The Hall–Kier alpha value is -1.69. The van der Waals surface area contributed by atoms with Crippen LogP contribution in [-0.4, -0.2) is 9.78 Å². The molecule has 0 aliphatic heterocycles. The smallest absolute Gasteiger partial charge is 0.267 e. The third-order valence-electron chi connectivity index (χ3n) is 2.78. The van der Waals surface area contributed by atoms with Gasteiger partial charge in [-0.15, -0.1) is 0 Å². The Labute approximate surface area is 117 Å². The van der Waals surface area contributed by atoms with Crippen LogP contribution in [-0.2, 0) is 0 Å². The topological polar surface area (TPSA) is 34.9 Å². The van der Waals surface area contributed by atoms with Crippen LogP contribution in [0.3, 0.4) is 0 Å². The van der Waals surface area contributed by atoms with Crippen LogP contribution in [0.2, 0.25) is 0 Å². The highest BCUT2D eigenvalue weighted by Gasteiger charge is 2.07. The van der Waals surface area contributed by atoms with Gasteiger partial charge in [0.15, 0.2) is 0 Å². The van der Waals surface area contributed by atoms with Crippen molar-refractivity contribution in [2.45, 2.75) is 0 Å². The first-order valence-corrected chi connectivity index (χ1v) is 6.57.